The van der Waals surface area contributed by atoms with Crippen LogP contribution < -0.4 is 0 Å². The lowest BCUT2D eigenvalue weighted by Gasteiger charge is -2.07. The molecule has 3 aromatic rings. The number of aromatic nitrogens is 2. The summed E-state index contributed by atoms with van der Waals surface area (Å²) in [6.07, 6.45) is 3.39. The van der Waals surface area contributed by atoms with E-state index >= 15 is 0 Å². The summed E-state index contributed by atoms with van der Waals surface area (Å²) in [5.74, 6) is 0.0259. The highest BCUT2D eigenvalue weighted by molar-refractivity contribution is 7.99. The number of halogens is 1. The van der Waals surface area contributed by atoms with E-state index in [9.17, 15) is 9.18 Å². The summed E-state index contributed by atoms with van der Waals surface area (Å²) in [5, 5.41) is 0.662. The van der Waals surface area contributed by atoms with E-state index in [1.807, 2.05) is 18.2 Å². The van der Waals surface area contributed by atoms with Gasteiger partial charge in [0.05, 0.1) is 11.4 Å². The van der Waals surface area contributed by atoms with E-state index in [4.69, 9.17) is 0 Å². The first kappa shape index (κ1) is 14.5. The molecule has 0 amide bonds. The van der Waals surface area contributed by atoms with Crippen LogP contribution in [-0.2, 0) is 0 Å². The molecule has 0 radical (unpaired) electrons. The molecule has 1 heterocycles. The van der Waals surface area contributed by atoms with Crippen LogP contribution in [0.2, 0.25) is 0 Å². The number of nitrogens with zero attached hydrogens (tertiary/aromatic N) is 2. The van der Waals surface area contributed by atoms with E-state index in [0.717, 1.165) is 0 Å². The number of carbonyl (C=O) groups is 1. The third kappa shape index (κ3) is 3.26. The summed E-state index contributed by atoms with van der Waals surface area (Å²) < 4.78 is 15.1. The van der Waals surface area contributed by atoms with Gasteiger partial charge in [0, 0.05) is 18.0 Å². The van der Waals surface area contributed by atoms with Gasteiger partial charge in [0.2, 0.25) is 0 Å². The molecule has 0 atom stereocenters. The van der Waals surface area contributed by atoms with Crippen LogP contribution in [0.3, 0.4) is 0 Å². The number of rotatable bonds is 5. The van der Waals surface area contributed by atoms with Crippen molar-refractivity contribution in [3.63, 3.8) is 0 Å². The molecular weight excluding hydrogens is 299 g/mol. The minimum absolute atomic E-state index is 0.0411. The van der Waals surface area contributed by atoms with Crippen LogP contribution in [-0.4, -0.2) is 21.1 Å². The van der Waals surface area contributed by atoms with E-state index in [1.165, 1.54) is 23.9 Å². The van der Waals surface area contributed by atoms with Crippen LogP contribution in [0.1, 0.15) is 10.4 Å². The highest BCUT2D eigenvalue weighted by Gasteiger charge is 2.10. The second kappa shape index (κ2) is 6.58. The molecule has 0 aliphatic carbocycles. The molecule has 5 heteroatoms. The first-order chi connectivity index (χ1) is 10.7. The van der Waals surface area contributed by atoms with E-state index in [0.29, 0.717) is 16.4 Å². The Morgan fingerprint density at radius 2 is 1.95 bits per heavy atom. The van der Waals surface area contributed by atoms with Crippen molar-refractivity contribution in [2.24, 2.45) is 0 Å². The number of imidazole rings is 1. The summed E-state index contributed by atoms with van der Waals surface area (Å²) in [6.45, 7) is 0. The van der Waals surface area contributed by atoms with Crippen molar-refractivity contribution >= 4 is 17.5 Å². The number of carbonyl (C=O) groups excluding carboxylic acids is 1. The Morgan fingerprint density at radius 1 is 1.14 bits per heavy atom. The standard InChI is InChI=1S/C17H13FN2OS/c18-14-7-4-8-15(11-14)20-10-9-19-17(20)22-12-16(21)13-5-2-1-3-6-13/h1-11H,12H2. The lowest BCUT2D eigenvalue weighted by Crippen LogP contribution is -2.04. The third-order valence-electron chi connectivity index (χ3n) is 3.12. The van der Waals surface area contributed by atoms with Gasteiger partial charge in [0.1, 0.15) is 5.82 Å². The summed E-state index contributed by atoms with van der Waals surface area (Å²) >= 11 is 1.34. The van der Waals surface area contributed by atoms with Crippen LogP contribution in [0.5, 0.6) is 0 Å². The molecule has 3 nitrogen and oxygen atoms in total. The Balaban J connectivity index is 1.75. The average molecular weight is 312 g/mol. The topological polar surface area (TPSA) is 34.9 Å². The molecule has 0 spiro atoms. The zero-order valence-electron chi connectivity index (χ0n) is 11.6. The Hall–Kier alpha value is -2.40. The Morgan fingerprint density at radius 3 is 2.73 bits per heavy atom. The first-order valence-electron chi connectivity index (χ1n) is 6.74. The van der Waals surface area contributed by atoms with Crippen molar-refractivity contribution in [1.82, 2.24) is 9.55 Å². The Kier molecular flexibility index (Phi) is 4.34. The van der Waals surface area contributed by atoms with Gasteiger partial charge in [-0.25, -0.2) is 9.37 Å². The maximum atomic E-state index is 13.3. The van der Waals surface area contributed by atoms with Gasteiger partial charge in [0.25, 0.3) is 0 Å². The van der Waals surface area contributed by atoms with Crippen LogP contribution in [0, 0.1) is 5.82 Å². The third-order valence-corrected chi connectivity index (χ3v) is 4.09. The molecule has 0 saturated heterocycles. The largest absolute Gasteiger partial charge is 0.295 e. The van der Waals surface area contributed by atoms with Crippen molar-refractivity contribution in [2.45, 2.75) is 5.16 Å². The second-order valence-electron chi connectivity index (χ2n) is 4.64. The van der Waals surface area contributed by atoms with Gasteiger partial charge in [0.15, 0.2) is 10.9 Å². The van der Waals surface area contributed by atoms with Crippen molar-refractivity contribution in [3.8, 4) is 5.69 Å². The number of hydrogen-bond donors (Lipinski definition) is 0. The van der Waals surface area contributed by atoms with Gasteiger partial charge >= 0.3 is 0 Å². The van der Waals surface area contributed by atoms with Crippen molar-refractivity contribution < 1.29 is 9.18 Å². The Bertz CT molecular complexity index is 786. The van der Waals surface area contributed by atoms with Gasteiger partial charge < -0.3 is 0 Å². The molecule has 1 aromatic heterocycles. The van der Waals surface area contributed by atoms with Gasteiger partial charge in [-0.3, -0.25) is 9.36 Å². The predicted octanol–water partition coefficient (Wildman–Crippen LogP) is 3.99. The van der Waals surface area contributed by atoms with Gasteiger partial charge in [-0.2, -0.15) is 0 Å². The number of thioether (sulfide) groups is 1. The minimum atomic E-state index is -0.303. The highest BCUT2D eigenvalue weighted by Crippen LogP contribution is 2.21. The molecule has 0 unspecified atom stereocenters. The van der Waals surface area contributed by atoms with Gasteiger partial charge in [-0.15, -0.1) is 0 Å². The quantitative estimate of drug-likeness (QED) is 0.528. The Labute approximate surface area is 131 Å². The van der Waals surface area contributed by atoms with Crippen LogP contribution in [0.25, 0.3) is 5.69 Å². The molecule has 0 saturated carbocycles. The molecule has 0 bridgehead atoms. The molecule has 3 rings (SSSR count). The normalized spacial score (nSPS) is 10.6. The average Bonchev–Trinajstić information content (AvgIpc) is 3.02. The zero-order chi connectivity index (χ0) is 15.4. The summed E-state index contributed by atoms with van der Waals surface area (Å²) in [6, 6.07) is 15.4. The summed E-state index contributed by atoms with van der Waals surface area (Å²) in [7, 11) is 0. The lowest BCUT2D eigenvalue weighted by molar-refractivity contribution is 0.102. The van der Waals surface area contributed by atoms with E-state index in [-0.39, 0.29) is 17.4 Å². The molecule has 2 aromatic carbocycles. The van der Waals surface area contributed by atoms with Crippen molar-refractivity contribution in [3.05, 3.63) is 78.4 Å². The summed E-state index contributed by atoms with van der Waals surface area (Å²) in [4.78, 5) is 16.4. The smallest absolute Gasteiger partial charge is 0.173 e. The van der Waals surface area contributed by atoms with Crippen LogP contribution in [0.4, 0.5) is 4.39 Å². The lowest BCUT2D eigenvalue weighted by atomic mass is 10.2. The molecule has 0 fully saturated rings. The number of hydrogen-bond acceptors (Lipinski definition) is 3. The molecule has 0 aliphatic heterocycles. The van der Waals surface area contributed by atoms with Crippen molar-refractivity contribution in [2.75, 3.05) is 5.75 Å². The SMILES string of the molecule is O=C(CSc1nccn1-c1cccc(F)c1)c1ccccc1. The molecule has 0 aliphatic rings. The number of benzene rings is 2. The second-order valence-corrected chi connectivity index (χ2v) is 5.58. The minimum Gasteiger partial charge on any atom is -0.295 e. The van der Waals surface area contributed by atoms with Gasteiger partial charge in [-0.05, 0) is 18.2 Å². The summed E-state index contributed by atoms with van der Waals surface area (Å²) in [5.41, 5.74) is 1.37. The highest BCUT2D eigenvalue weighted by atomic mass is 32.2. The maximum Gasteiger partial charge on any atom is 0.173 e. The van der Waals surface area contributed by atoms with Crippen LogP contribution in [0.15, 0.2) is 72.1 Å². The number of ketones is 1. The molecular formula is C17H13FN2OS. The molecule has 0 N–H and O–H groups in total. The van der Waals surface area contributed by atoms with E-state index in [2.05, 4.69) is 4.98 Å². The van der Waals surface area contributed by atoms with E-state index in [1.54, 1.807) is 41.2 Å². The van der Waals surface area contributed by atoms with Crippen LogP contribution >= 0.6 is 11.8 Å². The fraction of sp³-hybridized carbons (Fsp3) is 0.0588. The molecule has 22 heavy (non-hydrogen) atoms. The fourth-order valence-electron chi connectivity index (χ4n) is 2.06. The molecule has 110 valence electrons. The van der Waals surface area contributed by atoms with Crippen molar-refractivity contribution in [1.29, 1.82) is 0 Å². The fourth-order valence-corrected chi connectivity index (χ4v) is 2.92. The first-order valence-corrected chi connectivity index (χ1v) is 7.73. The predicted molar refractivity (Wildman–Crippen MR) is 85.0 cm³/mol. The maximum absolute atomic E-state index is 13.3. The monoisotopic (exact) mass is 312 g/mol. The zero-order valence-corrected chi connectivity index (χ0v) is 12.5. The number of Topliss-reactive ketones (excluding diaryl/α,β-unsaturated/α-hetero) is 1. The van der Waals surface area contributed by atoms with E-state index < -0.39 is 0 Å². The van der Waals surface area contributed by atoms with Gasteiger partial charge in [-0.1, -0.05) is 48.2 Å².